The predicted octanol–water partition coefficient (Wildman–Crippen LogP) is 2.22. The number of methoxy groups -OCH3 is 1. The zero-order valence-corrected chi connectivity index (χ0v) is 13.4. The van der Waals surface area contributed by atoms with Gasteiger partial charge in [-0.25, -0.2) is 4.79 Å². The maximum Gasteiger partial charge on any atom is 0.319 e. The van der Waals surface area contributed by atoms with Crippen molar-refractivity contribution in [3.8, 4) is 5.75 Å². The number of rotatable bonds is 4. The smallest absolute Gasteiger partial charge is 0.319 e. The predicted molar refractivity (Wildman–Crippen MR) is 87.5 cm³/mol. The Morgan fingerprint density at radius 3 is 2.30 bits per heavy atom. The van der Waals surface area contributed by atoms with Gasteiger partial charge in [0.25, 0.3) is 0 Å². The molecule has 2 aliphatic rings. The summed E-state index contributed by atoms with van der Waals surface area (Å²) >= 11 is 0. The van der Waals surface area contributed by atoms with Crippen molar-refractivity contribution < 1.29 is 14.3 Å². The molecule has 124 valence electrons. The van der Waals surface area contributed by atoms with Gasteiger partial charge in [-0.2, -0.15) is 0 Å². The van der Waals surface area contributed by atoms with Gasteiger partial charge in [0.2, 0.25) is 5.91 Å². The summed E-state index contributed by atoms with van der Waals surface area (Å²) in [6.45, 7) is 1.48. The summed E-state index contributed by atoms with van der Waals surface area (Å²) in [7, 11) is 1.61. The molecule has 2 N–H and O–H groups in total. The van der Waals surface area contributed by atoms with Crippen molar-refractivity contribution in [1.82, 2.24) is 10.2 Å². The van der Waals surface area contributed by atoms with E-state index in [0.29, 0.717) is 5.91 Å². The van der Waals surface area contributed by atoms with Crippen LogP contribution < -0.4 is 15.4 Å². The number of hydrogen-bond acceptors (Lipinski definition) is 3. The van der Waals surface area contributed by atoms with E-state index in [1.54, 1.807) is 31.4 Å². The molecule has 0 spiro atoms. The zero-order valence-electron chi connectivity index (χ0n) is 13.4. The van der Waals surface area contributed by atoms with Crippen molar-refractivity contribution >= 4 is 17.6 Å². The van der Waals surface area contributed by atoms with E-state index in [4.69, 9.17) is 4.74 Å². The highest BCUT2D eigenvalue weighted by atomic mass is 16.5. The molecular weight excluding hydrogens is 294 g/mol. The normalized spacial score (nSPS) is 18.4. The number of carbonyl (C=O) groups excluding carboxylic acids is 2. The Labute approximate surface area is 136 Å². The Morgan fingerprint density at radius 2 is 1.74 bits per heavy atom. The fourth-order valence-electron chi connectivity index (χ4n) is 2.86. The van der Waals surface area contributed by atoms with Gasteiger partial charge in [0, 0.05) is 30.7 Å². The first-order valence-corrected chi connectivity index (χ1v) is 8.16. The number of nitrogens with one attached hydrogen (secondary N) is 2. The lowest BCUT2D eigenvalue weighted by Crippen LogP contribution is -2.47. The van der Waals surface area contributed by atoms with Crippen molar-refractivity contribution in [2.45, 2.75) is 31.7 Å². The maximum absolute atomic E-state index is 12.0. The number of hydrogen-bond donors (Lipinski definition) is 2. The minimum Gasteiger partial charge on any atom is -0.497 e. The molecule has 0 unspecified atom stereocenters. The minimum absolute atomic E-state index is 0.122. The highest BCUT2D eigenvalue weighted by Gasteiger charge is 2.35. The van der Waals surface area contributed by atoms with E-state index in [9.17, 15) is 9.59 Å². The van der Waals surface area contributed by atoms with Gasteiger partial charge in [0.05, 0.1) is 7.11 Å². The summed E-state index contributed by atoms with van der Waals surface area (Å²) in [6.07, 6.45) is 3.71. The fourth-order valence-corrected chi connectivity index (χ4v) is 2.86. The van der Waals surface area contributed by atoms with Crippen molar-refractivity contribution in [2.24, 2.45) is 5.92 Å². The van der Waals surface area contributed by atoms with Crippen LogP contribution in [0.15, 0.2) is 24.3 Å². The standard InChI is InChI=1S/C17H23N3O3/c1-23-15-6-4-13(5-7-15)18-17(22)19-14-8-10-20(11-9-14)16(21)12-2-3-12/h4-7,12,14H,2-3,8-11H2,1H3,(H2,18,19,22). The Hall–Kier alpha value is -2.24. The number of nitrogens with zero attached hydrogens (tertiary/aromatic N) is 1. The number of urea groups is 1. The molecule has 1 saturated carbocycles. The first-order chi connectivity index (χ1) is 11.2. The maximum atomic E-state index is 12.0. The molecule has 0 bridgehead atoms. The van der Waals surface area contributed by atoms with Crippen molar-refractivity contribution in [3.63, 3.8) is 0 Å². The van der Waals surface area contributed by atoms with Gasteiger partial charge in [-0.1, -0.05) is 0 Å². The monoisotopic (exact) mass is 317 g/mol. The van der Waals surface area contributed by atoms with E-state index >= 15 is 0 Å². The van der Waals surface area contributed by atoms with Crippen LogP contribution in [0.3, 0.4) is 0 Å². The van der Waals surface area contributed by atoms with Crippen LogP contribution in [0, 0.1) is 5.92 Å². The number of ether oxygens (including phenoxy) is 1. The first-order valence-electron chi connectivity index (χ1n) is 8.16. The largest absolute Gasteiger partial charge is 0.497 e. The third-order valence-corrected chi connectivity index (χ3v) is 4.42. The molecule has 1 aliphatic carbocycles. The molecule has 1 heterocycles. The lowest BCUT2D eigenvalue weighted by Gasteiger charge is -2.32. The molecule has 6 nitrogen and oxygen atoms in total. The van der Waals surface area contributed by atoms with E-state index < -0.39 is 0 Å². The van der Waals surface area contributed by atoms with Crippen molar-refractivity contribution in [3.05, 3.63) is 24.3 Å². The highest BCUT2D eigenvalue weighted by molar-refractivity contribution is 5.89. The molecule has 0 radical (unpaired) electrons. The van der Waals surface area contributed by atoms with Gasteiger partial charge in [0.15, 0.2) is 0 Å². The van der Waals surface area contributed by atoms with Crippen LogP contribution in [0.2, 0.25) is 0 Å². The number of piperidine rings is 1. The Morgan fingerprint density at radius 1 is 1.09 bits per heavy atom. The van der Waals surface area contributed by atoms with Crippen LogP contribution >= 0.6 is 0 Å². The second-order valence-electron chi connectivity index (χ2n) is 6.20. The minimum atomic E-state index is -0.206. The average molecular weight is 317 g/mol. The lowest BCUT2D eigenvalue weighted by molar-refractivity contribution is -0.133. The van der Waals surface area contributed by atoms with Crippen LogP contribution in [0.1, 0.15) is 25.7 Å². The number of benzene rings is 1. The van der Waals surface area contributed by atoms with E-state index in [1.165, 1.54) is 0 Å². The van der Waals surface area contributed by atoms with Crippen LogP contribution in [0.4, 0.5) is 10.5 Å². The highest BCUT2D eigenvalue weighted by Crippen LogP contribution is 2.31. The van der Waals surface area contributed by atoms with Crippen LogP contribution in [0.25, 0.3) is 0 Å². The number of amides is 3. The Balaban J connectivity index is 1.42. The van der Waals surface area contributed by atoms with E-state index in [-0.39, 0.29) is 18.0 Å². The second-order valence-corrected chi connectivity index (χ2v) is 6.20. The second kappa shape index (κ2) is 6.89. The fraction of sp³-hybridized carbons (Fsp3) is 0.529. The third-order valence-electron chi connectivity index (χ3n) is 4.42. The van der Waals surface area contributed by atoms with Gasteiger partial charge in [-0.05, 0) is 49.9 Å². The van der Waals surface area contributed by atoms with Crippen LogP contribution in [-0.4, -0.2) is 43.1 Å². The summed E-state index contributed by atoms with van der Waals surface area (Å²) < 4.78 is 5.09. The average Bonchev–Trinajstić information content (AvgIpc) is 3.40. The van der Waals surface area contributed by atoms with E-state index in [0.717, 1.165) is 50.2 Å². The molecule has 2 fully saturated rings. The lowest BCUT2D eigenvalue weighted by atomic mass is 10.0. The topological polar surface area (TPSA) is 70.7 Å². The Kier molecular flexibility index (Phi) is 4.69. The molecular formula is C17H23N3O3. The molecule has 6 heteroatoms. The first kappa shape index (κ1) is 15.6. The quantitative estimate of drug-likeness (QED) is 0.894. The summed E-state index contributed by atoms with van der Waals surface area (Å²) in [5, 5.41) is 5.80. The van der Waals surface area contributed by atoms with Gasteiger partial charge in [-0.3, -0.25) is 4.79 Å². The molecule has 23 heavy (non-hydrogen) atoms. The van der Waals surface area contributed by atoms with Crippen LogP contribution in [-0.2, 0) is 4.79 Å². The van der Waals surface area contributed by atoms with E-state index in [2.05, 4.69) is 10.6 Å². The number of anilines is 1. The summed E-state index contributed by atoms with van der Waals surface area (Å²) in [5.41, 5.74) is 0.727. The molecule has 3 rings (SSSR count). The Bertz CT molecular complexity index is 561. The summed E-state index contributed by atoms with van der Waals surface area (Å²) in [5.74, 6) is 1.33. The van der Waals surface area contributed by atoms with Crippen LogP contribution in [0.5, 0.6) is 5.75 Å². The van der Waals surface area contributed by atoms with Gasteiger partial charge in [-0.15, -0.1) is 0 Å². The third kappa shape index (κ3) is 4.15. The summed E-state index contributed by atoms with van der Waals surface area (Å²) in [4.78, 5) is 26.0. The molecule has 0 aromatic heterocycles. The van der Waals surface area contributed by atoms with Crippen molar-refractivity contribution in [2.75, 3.05) is 25.5 Å². The van der Waals surface area contributed by atoms with E-state index in [1.807, 2.05) is 4.90 Å². The van der Waals surface area contributed by atoms with Gasteiger partial charge in [0.1, 0.15) is 5.75 Å². The van der Waals surface area contributed by atoms with Gasteiger partial charge >= 0.3 is 6.03 Å². The molecule has 1 aromatic rings. The molecule has 3 amide bonds. The van der Waals surface area contributed by atoms with Gasteiger partial charge < -0.3 is 20.3 Å². The SMILES string of the molecule is COc1ccc(NC(=O)NC2CCN(C(=O)C3CC3)CC2)cc1. The summed E-state index contributed by atoms with van der Waals surface area (Å²) in [6, 6.07) is 7.12. The number of carbonyl (C=O) groups is 2. The molecule has 1 saturated heterocycles. The molecule has 0 atom stereocenters. The molecule has 1 aromatic carbocycles. The zero-order chi connectivity index (χ0) is 16.2. The van der Waals surface area contributed by atoms with Crippen molar-refractivity contribution in [1.29, 1.82) is 0 Å². The number of likely N-dealkylation sites (tertiary alicyclic amines) is 1. The molecule has 1 aliphatic heterocycles.